The molecule has 2 aromatic heterocycles. The summed E-state index contributed by atoms with van der Waals surface area (Å²) in [6, 6.07) is 15.4. The van der Waals surface area contributed by atoms with Gasteiger partial charge >= 0.3 is 12.3 Å². The quantitative estimate of drug-likeness (QED) is 0.171. The van der Waals surface area contributed by atoms with Crippen LogP contribution in [-0.2, 0) is 11.3 Å². The number of hydrogen-bond donors (Lipinski definition) is 1. The molecule has 0 spiro atoms. The van der Waals surface area contributed by atoms with E-state index in [4.69, 9.17) is 14.2 Å². The zero-order chi connectivity index (χ0) is 33.2. The fourth-order valence-corrected chi connectivity index (χ4v) is 4.51. The van der Waals surface area contributed by atoms with E-state index in [9.17, 15) is 18.0 Å². The van der Waals surface area contributed by atoms with Crippen molar-refractivity contribution in [3.05, 3.63) is 96.1 Å². The lowest BCUT2D eigenvalue weighted by Crippen LogP contribution is -2.27. The maximum Gasteiger partial charge on any atom is 0.422 e. The number of nitrogens with one attached hydrogen (secondary N) is 1. The molecule has 5 aromatic rings. The van der Waals surface area contributed by atoms with E-state index in [1.165, 1.54) is 18.2 Å². The zero-order valence-corrected chi connectivity index (χ0v) is 24.6. The standard InChI is InChI=1S/C32H26F6N4O4/c1-31(2,3)46-30(43)41-19-11-22(34)27(23(35)12-19)25-14-24-28(29(40-17-39-24)45-16-32(36,37)38)42(25)20-9-10-26(21(33)13-20)44-15-18-7-5-4-6-8-18/h4-14,17H,15-16H2,1-3H3,(H,41,43). The Kier molecular flexibility index (Phi) is 8.81. The number of aromatic nitrogens is 3. The summed E-state index contributed by atoms with van der Waals surface area (Å²) < 4.78 is 103. The van der Waals surface area contributed by atoms with Gasteiger partial charge in [-0.1, -0.05) is 30.3 Å². The molecular weight excluding hydrogens is 618 g/mol. The van der Waals surface area contributed by atoms with Gasteiger partial charge in [-0.05, 0) is 56.7 Å². The molecule has 0 saturated heterocycles. The Morgan fingerprint density at radius 2 is 1.57 bits per heavy atom. The number of carbonyl (C=O) groups excluding carboxylic acids is 1. The van der Waals surface area contributed by atoms with Crippen molar-refractivity contribution in [3.63, 3.8) is 0 Å². The number of alkyl halides is 3. The lowest BCUT2D eigenvalue weighted by atomic mass is 10.1. The molecular formula is C32H26F6N4O4. The molecule has 0 bridgehead atoms. The Bertz CT molecular complexity index is 1870. The second kappa shape index (κ2) is 12.6. The molecule has 0 aliphatic carbocycles. The number of benzene rings is 3. The van der Waals surface area contributed by atoms with Crippen LogP contribution >= 0.6 is 0 Å². The van der Waals surface area contributed by atoms with Crippen LogP contribution in [0.4, 0.5) is 36.8 Å². The maximum atomic E-state index is 15.7. The van der Waals surface area contributed by atoms with Crippen molar-refractivity contribution in [1.82, 2.24) is 14.5 Å². The van der Waals surface area contributed by atoms with Crippen molar-refractivity contribution >= 4 is 22.8 Å². The van der Waals surface area contributed by atoms with Crippen LogP contribution in [-0.4, -0.2) is 39.0 Å². The SMILES string of the molecule is CC(C)(C)OC(=O)Nc1cc(F)c(-c2cc3ncnc(OCC(F)(F)F)c3n2-c2ccc(OCc3ccccc3)c(F)c2)c(F)c1. The average molecular weight is 645 g/mol. The largest absolute Gasteiger partial charge is 0.486 e. The van der Waals surface area contributed by atoms with Crippen molar-refractivity contribution < 1.29 is 45.3 Å². The van der Waals surface area contributed by atoms with Gasteiger partial charge in [0.2, 0.25) is 5.88 Å². The second-order valence-electron chi connectivity index (χ2n) is 11.0. The highest BCUT2D eigenvalue weighted by atomic mass is 19.4. The van der Waals surface area contributed by atoms with Crippen LogP contribution in [0.25, 0.3) is 28.0 Å². The number of fused-ring (bicyclic) bond motifs is 1. The summed E-state index contributed by atoms with van der Waals surface area (Å²) in [5, 5.41) is 2.25. The number of anilines is 1. The fourth-order valence-electron chi connectivity index (χ4n) is 4.51. The maximum absolute atomic E-state index is 15.7. The Hall–Kier alpha value is -5.27. The van der Waals surface area contributed by atoms with E-state index in [2.05, 4.69) is 15.3 Å². The van der Waals surface area contributed by atoms with Crippen LogP contribution in [0.2, 0.25) is 0 Å². The predicted octanol–water partition coefficient (Wildman–Crippen LogP) is 8.37. The molecule has 0 fully saturated rings. The normalized spacial score (nSPS) is 11.8. The first-order valence-electron chi connectivity index (χ1n) is 13.7. The third-order valence-corrected chi connectivity index (χ3v) is 6.28. The van der Waals surface area contributed by atoms with Crippen molar-refractivity contribution in [1.29, 1.82) is 0 Å². The Balaban J connectivity index is 1.61. The number of halogens is 6. The van der Waals surface area contributed by atoms with Gasteiger partial charge in [0.15, 0.2) is 18.2 Å². The molecule has 8 nitrogen and oxygen atoms in total. The average Bonchev–Trinajstić information content (AvgIpc) is 3.33. The highest BCUT2D eigenvalue weighted by Crippen LogP contribution is 2.39. The molecule has 3 aromatic carbocycles. The van der Waals surface area contributed by atoms with Gasteiger partial charge in [0.1, 0.15) is 35.7 Å². The lowest BCUT2D eigenvalue weighted by Gasteiger charge is -2.20. The van der Waals surface area contributed by atoms with Crippen molar-refractivity contribution in [2.24, 2.45) is 0 Å². The minimum atomic E-state index is -4.74. The summed E-state index contributed by atoms with van der Waals surface area (Å²) in [6.07, 6.45) is -4.78. The molecule has 0 aliphatic heterocycles. The topological polar surface area (TPSA) is 87.5 Å². The summed E-state index contributed by atoms with van der Waals surface area (Å²) in [7, 11) is 0. The molecule has 5 rings (SSSR count). The first kappa shape index (κ1) is 32.1. The molecule has 240 valence electrons. The van der Waals surface area contributed by atoms with Gasteiger partial charge in [-0.25, -0.2) is 22.9 Å². The van der Waals surface area contributed by atoms with Crippen molar-refractivity contribution in [2.45, 2.75) is 39.2 Å². The van der Waals surface area contributed by atoms with Gasteiger partial charge < -0.3 is 18.8 Å². The number of ether oxygens (including phenoxy) is 3. The van der Waals surface area contributed by atoms with E-state index in [0.29, 0.717) is 0 Å². The lowest BCUT2D eigenvalue weighted by molar-refractivity contribution is -0.153. The molecule has 0 unspecified atom stereocenters. The van der Waals surface area contributed by atoms with Gasteiger partial charge in [0.05, 0.1) is 16.8 Å². The summed E-state index contributed by atoms with van der Waals surface area (Å²) in [6.45, 7) is 3.13. The number of amides is 1. The van der Waals surface area contributed by atoms with Crippen LogP contribution < -0.4 is 14.8 Å². The van der Waals surface area contributed by atoms with Gasteiger partial charge in [0.25, 0.3) is 0 Å². The molecule has 0 atom stereocenters. The van der Waals surface area contributed by atoms with Crippen LogP contribution in [0.3, 0.4) is 0 Å². The third-order valence-electron chi connectivity index (χ3n) is 6.28. The highest BCUT2D eigenvalue weighted by molar-refractivity contribution is 5.91. The Morgan fingerprint density at radius 1 is 0.870 bits per heavy atom. The number of nitrogens with zero attached hydrogens (tertiary/aromatic N) is 3. The summed E-state index contributed by atoms with van der Waals surface area (Å²) >= 11 is 0. The van der Waals surface area contributed by atoms with E-state index in [1.807, 2.05) is 6.07 Å². The van der Waals surface area contributed by atoms with Gasteiger partial charge in [0, 0.05) is 17.4 Å². The van der Waals surface area contributed by atoms with Gasteiger partial charge in [-0.2, -0.15) is 18.2 Å². The molecule has 0 aliphatic rings. The monoisotopic (exact) mass is 644 g/mol. The first-order valence-corrected chi connectivity index (χ1v) is 13.7. The minimum absolute atomic E-state index is 0.0399. The fraction of sp³-hybridized carbons (Fsp3) is 0.219. The summed E-state index contributed by atoms with van der Waals surface area (Å²) in [5.74, 6) is -3.91. The predicted molar refractivity (Wildman–Crippen MR) is 156 cm³/mol. The Morgan fingerprint density at radius 3 is 2.20 bits per heavy atom. The first-order chi connectivity index (χ1) is 21.7. The van der Waals surface area contributed by atoms with Crippen molar-refractivity contribution in [2.75, 3.05) is 11.9 Å². The van der Waals surface area contributed by atoms with E-state index in [0.717, 1.165) is 34.7 Å². The van der Waals surface area contributed by atoms with Gasteiger partial charge in [-0.3, -0.25) is 5.32 Å². The smallest absolute Gasteiger partial charge is 0.422 e. The summed E-state index contributed by atoms with van der Waals surface area (Å²) in [5.41, 5.74) is -1.62. The van der Waals surface area contributed by atoms with Crippen LogP contribution in [0.5, 0.6) is 11.6 Å². The van der Waals surface area contributed by atoms with Crippen LogP contribution in [0.15, 0.2) is 73.1 Å². The molecule has 0 radical (unpaired) electrons. The van der Waals surface area contributed by atoms with E-state index < -0.39 is 53.4 Å². The third kappa shape index (κ3) is 7.50. The second-order valence-corrected chi connectivity index (χ2v) is 11.0. The van der Waals surface area contributed by atoms with Gasteiger partial charge in [-0.15, -0.1) is 0 Å². The number of carbonyl (C=O) groups is 1. The molecule has 14 heteroatoms. The number of rotatable bonds is 8. The highest BCUT2D eigenvalue weighted by Gasteiger charge is 2.30. The van der Waals surface area contributed by atoms with E-state index >= 15 is 13.2 Å². The van der Waals surface area contributed by atoms with Crippen LogP contribution in [0.1, 0.15) is 26.3 Å². The minimum Gasteiger partial charge on any atom is -0.486 e. The number of hydrogen-bond acceptors (Lipinski definition) is 6. The molecule has 46 heavy (non-hydrogen) atoms. The van der Waals surface area contributed by atoms with Crippen molar-refractivity contribution in [3.8, 4) is 28.6 Å². The van der Waals surface area contributed by atoms with E-state index in [1.54, 1.807) is 45.0 Å². The summed E-state index contributed by atoms with van der Waals surface area (Å²) in [4.78, 5) is 20.0. The zero-order valence-electron chi connectivity index (χ0n) is 24.6. The Labute approximate surface area is 258 Å². The van der Waals surface area contributed by atoms with E-state index in [-0.39, 0.29) is 40.5 Å². The molecule has 1 amide bonds. The molecule has 2 heterocycles. The molecule has 0 saturated carbocycles. The molecule has 1 N–H and O–H groups in total. The van der Waals surface area contributed by atoms with Crippen LogP contribution in [0, 0.1) is 17.5 Å².